The van der Waals surface area contributed by atoms with Gasteiger partial charge in [-0.05, 0) is 77.0 Å². The number of nitrogens with zero attached hydrogens (tertiary/aromatic N) is 2. The van der Waals surface area contributed by atoms with Crippen molar-refractivity contribution in [2.45, 2.75) is 0 Å². The topological polar surface area (TPSA) is 42.4 Å². The van der Waals surface area contributed by atoms with E-state index in [2.05, 4.69) is 114 Å². The van der Waals surface area contributed by atoms with Gasteiger partial charge in [-0.25, -0.2) is 4.98 Å². The number of hydrogen-bond donors (Lipinski definition) is 0. The molecule has 0 atom stereocenters. The van der Waals surface area contributed by atoms with Gasteiger partial charge in [0.2, 0.25) is 5.89 Å². The van der Waals surface area contributed by atoms with Gasteiger partial charge >= 0.3 is 0 Å². The Morgan fingerprint density at radius 1 is 0.467 bits per heavy atom. The average molecular weight is 579 g/mol. The average Bonchev–Trinajstić information content (AvgIpc) is 3.71. The number of para-hydroxylation sites is 2. The molecule has 0 bridgehead atoms. The van der Waals surface area contributed by atoms with Crippen molar-refractivity contribution in [3.63, 3.8) is 0 Å². The molecule has 2 heterocycles. The zero-order chi connectivity index (χ0) is 29.7. The first kappa shape index (κ1) is 25.4. The van der Waals surface area contributed by atoms with E-state index in [1.807, 2.05) is 48.5 Å². The van der Waals surface area contributed by atoms with Crippen LogP contribution in [0.3, 0.4) is 0 Å². The fourth-order valence-corrected chi connectivity index (χ4v) is 6.33. The van der Waals surface area contributed by atoms with Crippen LogP contribution in [0.5, 0.6) is 0 Å². The van der Waals surface area contributed by atoms with E-state index in [4.69, 9.17) is 13.8 Å². The zero-order valence-electron chi connectivity index (χ0n) is 24.2. The highest BCUT2D eigenvalue weighted by molar-refractivity contribution is 6.18. The van der Waals surface area contributed by atoms with Crippen molar-refractivity contribution < 1.29 is 8.83 Å². The summed E-state index contributed by atoms with van der Waals surface area (Å²) >= 11 is 0. The van der Waals surface area contributed by atoms with Gasteiger partial charge in [0.05, 0.1) is 5.39 Å². The maximum Gasteiger partial charge on any atom is 0.227 e. The Hall–Kier alpha value is -6.13. The largest absolute Gasteiger partial charge is 0.455 e. The van der Waals surface area contributed by atoms with E-state index in [-0.39, 0.29) is 0 Å². The molecule has 4 nitrogen and oxygen atoms in total. The second-order valence-electron chi connectivity index (χ2n) is 11.2. The van der Waals surface area contributed by atoms with E-state index in [1.165, 1.54) is 10.8 Å². The van der Waals surface area contributed by atoms with E-state index in [9.17, 15) is 0 Å². The molecule has 0 aliphatic rings. The summed E-state index contributed by atoms with van der Waals surface area (Å²) in [5.41, 5.74) is 9.52. The van der Waals surface area contributed by atoms with Gasteiger partial charge in [0, 0.05) is 33.6 Å². The number of hydrogen-bond acceptors (Lipinski definition) is 4. The Bertz CT molecular complexity index is 2480. The van der Waals surface area contributed by atoms with E-state index in [0.717, 1.165) is 66.8 Å². The fraction of sp³-hybridized carbons (Fsp3) is 0. The van der Waals surface area contributed by atoms with E-state index in [1.54, 1.807) is 0 Å². The third kappa shape index (κ3) is 4.27. The molecule has 0 spiro atoms. The summed E-state index contributed by atoms with van der Waals surface area (Å²) in [4.78, 5) is 7.07. The van der Waals surface area contributed by atoms with Crippen molar-refractivity contribution in [1.82, 2.24) is 4.98 Å². The normalized spacial score (nSPS) is 11.6. The van der Waals surface area contributed by atoms with Crippen LogP contribution in [-0.2, 0) is 0 Å². The third-order valence-electron chi connectivity index (χ3n) is 8.48. The lowest BCUT2D eigenvalue weighted by atomic mass is 10.0. The maximum absolute atomic E-state index is 6.52. The number of benzene rings is 7. The van der Waals surface area contributed by atoms with Gasteiger partial charge in [-0.15, -0.1) is 0 Å². The fourth-order valence-electron chi connectivity index (χ4n) is 6.33. The van der Waals surface area contributed by atoms with Gasteiger partial charge < -0.3 is 13.7 Å². The van der Waals surface area contributed by atoms with Crippen LogP contribution < -0.4 is 4.90 Å². The number of anilines is 3. The van der Waals surface area contributed by atoms with Gasteiger partial charge in [0.15, 0.2) is 5.58 Å². The van der Waals surface area contributed by atoms with Gasteiger partial charge in [-0.1, -0.05) is 97.1 Å². The smallest absolute Gasteiger partial charge is 0.227 e. The zero-order valence-corrected chi connectivity index (χ0v) is 24.2. The Kier molecular flexibility index (Phi) is 5.78. The summed E-state index contributed by atoms with van der Waals surface area (Å²) in [6.07, 6.45) is 0. The molecule has 4 heteroatoms. The van der Waals surface area contributed by atoms with Gasteiger partial charge in [-0.3, -0.25) is 0 Å². The molecule has 0 unspecified atom stereocenters. The summed E-state index contributed by atoms with van der Waals surface area (Å²) in [7, 11) is 0. The molecule has 7 aromatic carbocycles. The minimum atomic E-state index is 0.605. The van der Waals surface area contributed by atoms with Crippen LogP contribution in [0.25, 0.3) is 66.4 Å². The van der Waals surface area contributed by atoms with Gasteiger partial charge in [-0.2, -0.15) is 0 Å². The van der Waals surface area contributed by atoms with E-state index < -0.39 is 0 Å². The molecule has 9 aromatic rings. The minimum absolute atomic E-state index is 0.605. The van der Waals surface area contributed by atoms with Crippen LogP contribution in [0.15, 0.2) is 167 Å². The Morgan fingerprint density at radius 3 is 2.00 bits per heavy atom. The molecule has 0 N–H and O–H groups in total. The van der Waals surface area contributed by atoms with Crippen molar-refractivity contribution in [2.75, 3.05) is 4.90 Å². The summed E-state index contributed by atoms with van der Waals surface area (Å²) in [6, 6.07) is 54.5. The highest BCUT2D eigenvalue weighted by Gasteiger charge is 2.19. The van der Waals surface area contributed by atoms with Crippen molar-refractivity contribution >= 4 is 60.9 Å². The lowest BCUT2D eigenvalue weighted by Gasteiger charge is -2.26. The van der Waals surface area contributed by atoms with Crippen LogP contribution in [0, 0.1) is 0 Å². The number of oxazole rings is 1. The molecule has 2 aromatic heterocycles. The Labute approximate surface area is 259 Å². The SMILES string of the molecule is c1ccc(-c2nc3ccc4oc5c(-c6ccc(N(c7ccccc7)c7ccc8ccccc8c7)cc6)cccc5c4c3o2)cc1. The molecule has 0 saturated heterocycles. The van der Waals surface area contributed by atoms with Crippen LogP contribution >= 0.6 is 0 Å². The highest BCUT2D eigenvalue weighted by atomic mass is 16.4. The third-order valence-corrected chi connectivity index (χ3v) is 8.48. The van der Waals surface area contributed by atoms with Crippen LogP contribution in [0.2, 0.25) is 0 Å². The summed E-state index contributed by atoms with van der Waals surface area (Å²) < 4.78 is 12.9. The number of aromatic nitrogens is 1. The molecule has 9 rings (SSSR count). The van der Waals surface area contributed by atoms with Crippen molar-refractivity contribution in [1.29, 1.82) is 0 Å². The number of furan rings is 1. The van der Waals surface area contributed by atoms with Crippen molar-refractivity contribution in [3.05, 3.63) is 158 Å². The van der Waals surface area contributed by atoms with Crippen molar-refractivity contribution in [3.8, 4) is 22.6 Å². The Balaban J connectivity index is 1.15. The summed E-state index contributed by atoms with van der Waals surface area (Å²) in [6.45, 7) is 0. The standard InChI is InChI=1S/C41H26N2O2/c1-3-11-29(12-4-1)41-42-36-24-25-37-38(40(36)45-41)35-17-9-16-34(39(35)44-37)28-19-21-32(22-20-28)43(31-14-5-2-6-15-31)33-23-18-27-10-7-8-13-30(27)26-33/h1-26H. The summed E-state index contributed by atoms with van der Waals surface area (Å²) in [5, 5.41) is 4.39. The molecule has 0 radical (unpaired) electrons. The molecule has 0 aliphatic carbocycles. The molecule has 0 aliphatic heterocycles. The quantitative estimate of drug-likeness (QED) is 0.204. The van der Waals surface area contributed by atoms with E-state index >= 15 is 0 Å². The molecule has 0 amide bonds. The molecular weight excluding hydrogens is 552 g/mol. The van der Waals surface area contributed by atoms with Crippen molar-refractivity contribution in [2.24, 2.45) is 0 Å². The molecule has 212 valence electrons. The van der Waals surface area contributed by atoms with Gasteiger partial charge in [0.25, 0.3) is 0 Å². The predicted molar refractivity (Wildman–Crippen MR) is 184 cm³/mol. The minimum Gasteiger partial charge on any atom is -0.455 e. The first-order valence-corrected chi connectivity index (χ1v) is 15.0. The monoisotopic (exact) mass is 578 g/mol. The lowest BCUT2D eigenvalue weighted by molar-refractivity contribution is 0.622. The molecule has 45 heavy (non-hydrogen) atoms. The summed E-state index contributed by atoms with van der Waals surface area (Å²) in [5.74, 6) is 0.605. The van der Waals surface area contributed by atoms with Crippen LogP contribution in [-0.4, -0.2) is 4.98 Å². The Morgan fingerprint density at radius 2 is 1.18 bits per heavy atom. The number of fused-ring (bicyclic) bond motifs is 6. The van der Waals surface area contributed by atoms with E-state index in [0.29, 0.717) is 5.89 Å². The van der Waals surface area contributed by atoms with Crippen LogP contribution in [0.1, 0.15) is 0 Å². The predicted octanol–water partition coefficient (Wildman–Crippen LogP) is 11.7. The molecule has 0 saturated carbocycles. The second-order valence-corrected chi connectivity index (χ2v) is 11.2. The molecule has 0 fully saturated rings. The molecular formula is C41H26N2O2. The lowest BCUT2D eigenvalue weighted by Crippen LogP contribution is -2.09. The second kappa shape index (κ2) is 10.2. The van der Waals surface area contributed by atoms with Crippen LogP contribution in [0.4, 0.5) is 17.1 Å². The first-order chi connectivity index (χ1) is 22.3. The first-order valence-electron chi connectivity index (χ1n) is 15.0. The van der Waals surface area contributed by atoms with Gasteiger partial charge in [0.1, 0.15) is 16.7 Å². The highest BCUT2D eigenvalue weighted by Crippen LogP contribution is 2.42. The number of rotatable bonds is 5. The maximum atomic E-state index is 6.52.